The van der Waals surface area contributed by atoms with Crippen molar-refractivity contribution in [3.63, 3.8) is 0 Å². The number of amides is 1. The standard InChI is InChI=1S/C15H30N2O3/c1-14(2,3)19-13(18)17-10-7-8-12(9-11-17)16-20-15(4,5)6/h12,16H,7-11H2,1-6H3. The summed E-state index contributed by atoms with van der Waals surface area (Å²) in [4.78, 5) is 19.5. The molecular formula is C15H30N2O3. The fraction of sp³-hybridized carbons (Fsp3) is 0.933. The minimum atomic E-state index is -0.434. The molecule has 1 unspecified atom stereocenters. The molecule has 1 fully saturated rings. The van der Waals surface area contributed by atoms with Crippen LogP contribution in [0.4, 0.5) is 4.79 Å². The van der Waals surface area contributed by atoms with Crippen LogP contribution in [0.25, 0.3) is 0 Å². The Morgan fingerprint density at radius 1 is 1.05 bits per heavy atom. The van der Waals surface area contributed by atoms with E-state index >= 15 is 0 Å². The van der Waals surface area contributed by atoms with Gasteiger partial charge in [-0.3, -0.25) is 4.84 Å². The van der Waals surface area contributed by atoms with Crippen molar-refractivity contribution in [2.45, 2.75) is 78.0 Å². The van der Waals surface area contributed by atoms with Crippen LogP contribution in [0.5, 0.6) is 0 Å². The first-order valence-electron chi connectivity index (χ1n) is 7.48. The third-order valence-electron chi connectivity index (χ3n) is 2.91. The highest BCUT2D eigenvalue weighted by Crippen LogP contribution is 2.16. The molecule has 0 spiro atoms. The number of likely N-dealkylation sites (tertiary alicyclic amines) is 1. The summed E-state index contributed by atoms with van der Waals surface area (Å²) in [6.45, 7) is 13.2. The molecule has 0 bridgehead atoms. The minimum absolute atomic E-state index is 0.197. The molecule has 0 radical (unpaired) electrons. The molecule has 1 saturated heterocycles. The highest BCUT2D eigenvalue weighted by atomic mass is 16.7. The van der Waals surface area contributed by atoms with Crippen molar-refractivity contribution in [2.24, 2.45) is 0 Å². The van der Waals surface area contributed by atoms with Gasteiger partial charge in [0, 0.05) is 19.1 Å². The molecule has 118 valence electrons. The van der Waals surface area contributed by atoms with E-state index in [2.05, 4.69) is 5.48 Å². The number of ether oxygens (including phenoxy) is 1. The van der Waals surface area contributed by atoms with Crippen LogP contribution in [0, 0.1) is 0 Å². The third kappa shape index (κ3) is 7.10. The molecule has 1 aliphatic heterocycles. The first-order chi connectivity index (χ1) is 9.07. The van der Waals surface area contributed by atoms with Gasteiger partial charge in [0.1, 0.15) is 5.60 Å². The smallest absolute Gasteiger partial charge is 0.410 e. The summed E-state index contributed by atoms with van der Waals surface area (Å²) in [5.74, 6) is 0. The monoisotopic (exact) mass is 286 g/mol. The van der Waals surface area contributed by atoms with Crippen LogP contribution in [0.1, 0.15) is 60.8 Å². The van der Waals surface area contributed by atoms with Gasteiger partial charge in [0.25, 0.3) is 0 Å². The van der Waals surface area contributed by atoms with Crippen LogP contribution in [0.3, 0.4) is 0 Å². The van der Waals surface area contributed by atoms with Gasteiger partial charge < -0.3 is 9.64 Å². The van der Waals surface area contributed by atoms with E-state index in [1.807, 2.05) is 41.5 Å². The molecule has 1 aliphatic rings. The molecule has 0 aliphatic carbocycles. The van der Waals surface area contributed by atoms with Gasteiger partial charge in [-0.25, -0.2) is 4.79 Å². The molecule has 1 atom stereocenters. The molecule has 0 aromatic heterocycles. The second-order valence-electron chi connectivity index (χ2n) is 7.43. The van der Waals surface area contributed by atoms with E-state index in [1.54, 1.807) is 4.90 Å². The average molecular weight is 286 g/mol. The van der Waals surface area contributed by atoms with Crippen LogP contribution in [0.15, 0.2) is 0 Å². The maximum Gasteiger partial charge on any atom is 0.410 e. The number of nitrogens with zero attached hydrogens (tertiary/aromatic N) is 1. The van der Waals surface area contributed by atoms with E-state index < -0.39 is 5.60 Å². The maximum absolute atomic E-state index is 12.0. The van der Waals surface area contributed by atoms with Gasteiger partial charge in [0.2, 0.25) is 0 Å². The second kappa shape index (κ2) is 6.76. The lowest BCUT2D eigenvalue weighted by Crippen LogP contribution is -2.39. The first kappa shape index (κ1) is 17.2. The molecule has 20 heavy (non-hydrogen) atoms. The quantitative estimate of drug-likeness (QED) is 0.793. The summed E-state index contributed by atoms with van der Waals surface area (Å²) in [7, 11) is 0. The minimum Gasteiger partial charge on any atom is -0.444 e. The molecule has 5 heteroatoms. The molecule has 0 aromatic carbocycles. The molecule has 1 N–H and O–H groups in total. The normalized spacial score (nSPS) is 21.5. The van der Waals surface area contributed by atoms with Crippen LogP contribution in [-0.4, -0.2) is 41.3 Å². The van der Waals surface area contributed by atoms with Gasteiger partial charge in [-0.15, -0.1) is 0 Å². The number of carbonyl (C=O) groups is 1. The number of hydroxylamine groups is 1. The van der Waals surface area contributed by atoms with E-state index in [1.165, 1.54) is 0 Å². The van der Waals surface area contributed by atoms with Gasteiger partial charge in [-0.05, 0) is 60.8 Å². The van der Waals surface area contributed by atoms with Crippen molar-refractivity contribution in [3.05, 3.63) is 0 Å². The molecule has 5 nitrogen and oxygen atoms in total. The zero-order valence-corrected chi connectivity index (χ0v) is 13.8. The zero-order valence-electron chi connectivity index (χ0n) is 13.8. The van der Waals surface area contributed by atoms with E-state index in [0.717, 1.165) is 25.8 Å². The number of nitrogens with one attached hydrogen (secondary N) is 1. The predicted molar refractivity (Wildman–Crippen MR) is 79.4 cm³/mol. The lowest BCUT2D eigenvalue weighted by Gasteiger charge is -2.27. The SMILES string of the molecule is CC(C)(C)ONC1CCCN(C(=O)OC(C)(C)C)CC1. The van der Waals surface area contributed by atoms with Crippen LogP contribution in [-0.2, 0) is 9.57 Å². The molecular weight excluding hydrogens is 256 g/mol. The van der Waals surface area contributed by atoms with E-state index in [4.69, 9.17) is 9.57 Å². The van der Waals surface area contributed by atoms with Crippen molar-refractivity contribution in [1.29, 1.82) is 0 Å². The Morgan fingerprint density at radius 2 is 1.70 bits per heavy atom. The van der Waals surface area contributed by atoms with Crippen molar-refractivity contribution in [3.8, 4) is 0 Å². The van der Waals surface area contributed by atoms with Gasteiger partial charge in [-0.1, -0.05) is 0 Å². The number of hydrogen-bond donors (Lipinski definition) is 1. The topological polar surface area (TPSA) is 50.8 Å². The van der Waals surface area contributed by atoms with Gasteiger partial charge in [-0.2, -0.15) is 5.48 Å². The van der Waals surface area contributed by atoms with Crippen LogP contribution in [0.2, 0.25) is 0 Å². The van der Waals surface area contributed by atoms with Gasteiger partial charge >= 0.3 is 6.09 Å². The van der Waals surface area contributed by atoms with Crippen molar-refractivity contribution in [1.82, 2.24) is 10.4 Å². The summed E-state index contributed by atoms with van der Waals surface area (Å²) < 4.78 is 5.42. The second-order valence-corrected chi connectivity index (χ2v) is 7.43. The Bertz CT molecular complexity index is 318. The predicted octanol–water partition coefficient (Wildman–Crippen LogP) is 3.10. The lowest BCUT2D eigenvalue weighted by molar-refractivity contribution is -0.0899. The van der Waals surface area contributed by atoms with Crippen LogP contribution < -0.4 is 5.48 Å². The Hall–Kier alpha value is -0.810. The average Bonchev–Trinajstić information content (AvgIpc) is 2.48. The molecule has 0 aromatic rings. The summed E-state index contributed by atoms with van der Waals surface area (Å²) in [5.41, 5.74) is 2.50. The number of hydrogen-bond acceptors (Lipinski definition) is 4. The highest BCUT2D eigenvalue weighted by molar-refractivity contribution is 5.68. The Morgan fingerprint density at radius 3 is 2.25 bits per heavy atom. The molecule has 0 saturated carbocycles. The number of carbonyl (C=O) groups excluding carboxylic acids is 1. The molecule has 1 rings (SSSR count). The fourth-order valence-electron chi connectivity index (χ4n) is 1.98. The largest absolute Gasteiger partial charge is 0.444 e. The molecule has 1 heterocycles. The summed E-state index contributed by atoms with van der Waals surface area (Å²) in [6, 6.07) is 0.293. The fourth-order valence-corrected chi connectivity index (χ4v) is 1.98. The van der Waals surface area contributed by atoms with Crippen molar-refractivity contribution < 1.29 is 14.4 Å². The van der Waals surface area contributed by atoms with Gasteiger partial charge in [0.05, 0.1) is 5.60 Å². The Labute approximate surface area is 122 Å². The summed E-state index contributed by atoms with van der Waals surface area (Å²) >= 11 is 0. The molecule has 1 amide bonds. The van der Waals surface area contributed by atoms with E-state index in [9.17, 15) is 4.79 Å². The van der Waals surface area contributed by atoms with Crippen molar-refractivity contribution in [2.75, 3.05) is 13.1 Å². The lowest BCUT2D eigenvalue weighted by atomic mass is 10.1. The van der Waals surface area contributed by atoms with E-state index in [-0.39, 0.29) is 11.7 Å². The first-order valence-corrected chi connectivity index (χ1v) is 7.48. The Kier molecular flexibility index (Phi) is 5.83. The summed E-state index contributed by atoms with van der Waals surface area (Å²) in [5, 5.41) is 0. The zero-order chi connectivity index (χ0) is 15.4. The van der Waals surface area contributed by atoms with Crippen LogP contribution >= 0.6 is 0 Å². The Balaban J connectivity index is 2.41. The summed E-state index contributed by atoms with van der Waals surface area (Å²) in [6.07, 6.45) is 2.64. The third-order valence-corrected chi connectivity index (χ3v) is 2.91. The maximum atomic E-state index is 12.0. The van der Waals surface area contributed by atoms with E-state index in [0.29, 0.717) is 12.6 Å². The van der Waals surface area contributed by atoms with Gasteiger partial charge in [0.15, 0.2) is 0 Å². The van der Waals surface area contributed by atoms with Crippen molar-refractivity contribution >= 4 is 6.09 Å². The highest BCUT2D eigenvalue weighted by Gasteiger charge is 2.25. The number of rotatable bonds is 2.